The Kier molecular flexibility index (Phi) is 3.85. The summed E-state index contributed by atoms with van der Waals surface area (Å²) < 4.78 is 8.06. The molecule has 0 spiro atoms. The summed E-state index contributed by atoms with van der Waals surface area (Å²) in [5.74, 6) is -0.838. The number of nitrogens with one attached hydrogen (secondary N) is 1. The summed E-state index contributed by atoms with van der Waals surface area (Å²) in [5, 5.41) is 7.53. The van der Waals surface area contributed by atoms with E-state index in [9.17, 15) is 9.59 Å². The molecule has 7 nitrogen and oxygen atoms in total. The number of aromatic nitrogens is 3. The molecule has 0 unspecified atom stereocenters. The van der Waals surface area contributed by atoms with Crippen LogP contribution in [0, 0.1) is 0 Å². The van der Waals surface area contributed by atoms with E-state index in [1.807, 2.05) is 18.2 Å². The van der Waals surface area contributed by atoms with Gasteiger partial charge in [-0.3, -0.25) is 9.36 Å². The number of anilines is 1. The SMILES string of the molecule is Cn1c(=O)oc2cc(NC(=O)c3ccn(-c4ccccc4Cl)n3)ccc21. The number of fused-ring (bicyclic) bond motifs is 1. The van der Waals surface area contributed by atoms with Gasteiger partial charge in [0, 0.05) is 25.0 Å². The van der Waals surface area contributed by atoms with E-state index in [0.717, 1.165) is 0 Å². The van der Waals surface area contributed by atoms with Crippen molar-refractivity contribution in [2.45, 2.75) is 0 Å². The van der Waals surface area contributed by atoms with E-state index < -0.39 is 5.76 Å². The van der Waals surface area contributed by atoms with Gasteiger partial charge in [0.15, 0.2) is 11.3 Å². The summed E-state index contributed by atoms with van der Waals surface area (Å²) in [7, 11) is 1.62. The van der Waals surface area contributed by atoms with Crippen molar-refractivity contribution in [1.82, 2.24) is 14.3 Å². The van der Waals surface area contributed by atoms with Gasteiger partial charge in [0.2, 0.25) is 0 Å². The maximum atomic E-state index is 12.4. The van der Waals surface area contributed by atoms with Crippen LogP contribution in [0.15, 0.2) is 63.9 Å². The van der Waals surface area contributed by atoms with Gasteiger partial charge in [0.1, 0.15) is 0 Å². The van der Waals surface area contributed by atoms with Crippen LogP contribution >= 0.6 is 11.6 Å². The minimum absolute atomic E-state index is 0.236. The number of benzene rings is 2. The van der Waals surface area contributed by atoms with E-state index in [0.29, 0.717) is 27.5 Å². The number of aryl methyl sites for hydroxylation is 1. The summed E-state index contributed by atoms with van der Waals surface area (Å²) in [4.78, 5) is 24.0. The molecule has 2 aromatic carbocycles. The number of rotatable bonds is 3. The van der Waals surface area contributed by atoms with E-state index >= 15 is 0 Å². The smallest absolute Gasteiger partial charge is 0.408 e. The molecule has 0 aliphatic heterocycles. The first-order chi connectivity index (χ1) is 12.5. The van der Waals surface area contributed by atoms with Crippen molar-refractivity contribution >= 4 is 34.3 Å². The fourth-order valence-corrected chi connectivity index (χ4v) is 2.85. The minimum atomic E-state index is -0.457. The summed E-state index contributed by atoms with van der Waals surface area (Å²) in [5.41, 5.74) is 2.47. The Labute approximate surface area is 152 Å². The Morgan fingerprint density at radius 2 is 2.00 bits per heavy atom. The molecule has 0 saturated heterocycles. The third-order valence-corrected chi connectivity index (χ3v) is 4.29. The molecule has 2 aromatic heterocycles. The predicted octanol–water partition coefficient (Wildman–Crippen LogP) is 3.22. The van der Waals surface area contributed by atoms with E-state index in [-0.39, 0.29) is 11.6 Å². The summed E-state index contributed by atoms with van der Waals surface area (Å²) in [6.07, 6.45) is 1.66. The van der Waals surface area contributed by atoms with Gasteiger partial charge in [-0.25, -0.2) is 9.48 Å². The highest BCUT2D eigenvalue weighted by atomic mass is 35.5. The summed E-state index contributed by atoms with van der Waals surface area (Å²) >= 11 is 6.15. The number of oxazole rings is 1. The summed E-state index contributed by atoms with van der Waals surface area (Å²) in [6, 6.07) is 13.8. The average Bonchev–Trinajstić information content (AvgIpc) is 3.21. The van der Waals surface area contributed by atoms with Crippen molar-refractivity contribution in [2.24, 2.45) is 7.05 Å². The van der Waals surface area contributed by atoms with Crippen molar-refractivity contribution in [3.05, 3.63) is 76.0 Å². The topological polar surface area (TPSA) is 82.1 Å². The Morgan fingerprint density at radius 3 is 2.81 bits per heavy atom. The first kappa shape index (κ1) is 16.2. The van der Waals surface area contributed by atoms with Crippen LogP contribution in [0.3, 0.4) is 0 Å². The number of para-hydroxylation sites is 1. The molecule has 0 aliphatic rings. The Bertz CT molecular complexity index is 1190. The molecule has 130 valence electrons. The van der Waals surface area contributed by atoms with Crippen LogP contribution < -0.4 is 11.1 Å². The lowest BCUT2D eigenvalue weighted by Gasteiger charge is -2.04. The lowest BCUT2D eigenvalue weighted by atomic mass is 10.2. The number of nitrogens with zero attached hydrogens (tertiary/aromatic N) is 3. The van der Waals surface area contributed by atoms with Crippen LogP contribution in [0.1, 0.15) is 10.5 Å². The number of halogens is 1. The van der Waals surface area contributed by atoms with E-state index in [2.05, 4.69) is 10.4 Å². The molecule has 1 amide bonds. The predicted molar refractivity (Wildman–Crippen MR) is 98.0 cm³/mol. The minimum Gasteiger partial charge on any atom is -0.408 e. The standard InChI is InChI=1S/C18H13ClN4O3/c1-22-15-7-6-11(10-16(15)26-18(22)25)20-17(24)13-8-9-23(21-13)14-5-3-2-4-12(14)19/h2-10H,1H3,(H,20,24). The van der Waals surface area contributed by atoms with E-state index in [1.54, 1.807) is 43.6 Å². The fourth-order valence-electron chi connectivity index (χ4n) is 2.62. The molecular formula is C18H13ClN4O3. The van der Waals surface area contributed by atoms with Crippen molar-refractivity contribution in [2.75, 3.05) is 5.32 Å². The highest BCUT2D eigenvalue weighted by molar-refractivity contribution is 6.32. The fraction of sp³-hybridized carbons (Fsp3) is 0.0556. The number of amides is 1. The molecule has 8 heteroatoms. The normalized spacial score (nSPS) is 11.0. The zero-order valence-electron chi connectivity index (χ0n) is 13.6. The highest BCUT2D eigenvalue weighted by Crippen LogP contribution is 2.20. The van der Waals surface area contributed by atoms with Crippen LogP contribution in [-0.2, 0) is 7.05 Å². The number of carbonyl (C=O) groups excluding carboxylic acids is 1. The molecule has 4 aromatic rings. The third kappa shape index (κ3) is 2.78. The van der Waals surface area contributed by atoms with Crippen molar-refractivity contribution in [1.29, 1.82) is 0 Å². The molecule has 0 saturated carbocycles. The van der Waals surface area contributed by atoms with Crippen molar-refractivity contribution in [3.63, 3.8) is 0 Å². The van der Waals surface area contributed by atoms with E-state index in [1.165, 1.54) is 9.25 Å². The molecule has 0 bridgehead atoms. The molecular weight excluding hydrogens is 356 g/mol. The van der Waals surface area contributed by atoms with Gasteiger partial charge in [0.25, 0.3) is 5.91 Å². The Balaban J connectivity index is 1.59. The van der Waals surface area contributed by atoms with Gasteiger partial charge in [-0.05, 0) is 30.3 Å². The molecule has 4 rings (SSSR count). The second-order valence-electron chi connectivity index (χ2n) is 5.66. The van der Waals surface area contributed by atoms with E-state index in [4.69, 9.17) is 16.0 Å². The number of hydrogen-bond acceptors (Lipinski definition) is 4. The maximum absolute atomic E-state index is 12.4. The van der Waals surface area contributed by atoms with Gasteiger partial charge >= 0.3 is 5.76 Å². The molecule has 1 N–H and O–H groups in total. The van der Waals surface area contributed by atoms with Gasteiger partial charge in [-0.2, -0.15) is 5.10 Å². The van der Waals surface area contributed by atoms with Crippen LogP contribution in [-0.4, -0.2) is 20.3 Å². The molecule has 2 heterocycles. The zero-order chi connectivity index (χ0) is 18.3. The number of carbonyl (C=O) groups is 1. The van der Waals surface area contributed by atoms with Crippen LogP contribution in [0.5, 0.6) is 0 Å². The lowest BCUT2D eigenvalue weighted by Crippen LogP contribution is -2.13. The second kappa shape index (κ2) is 6.20. The van der Waals surface area contributed by atoms with Gasteiger partial charge in [-0.15, -0.1) is 0 Å². The molecule has 0 radical (unpaired) electrons. The first-order valence-electron chi connectivity index (χ1n) is 7.74. The van der Waals surface area contributed by atoms with Crippen LogP contribution in [0.25, 0.3) is 16.8 Å². The molecule has 0 atom stereocenters. The first-order valence-corrected chi connectivity index (χ1v) is 8.12. The lowest BCUT2D eigenvalue weighted by molar-refractivity contribution is 0.102. The average molecular weight is 369 g/mol. The van der Waals surface area contributed by atoms with Crippen molar-refractivity contribution < 1.29 is 9.21 Å². The van der Waals surface area contributed by atoms with Crippen molar-refractivity contribution in [3.8, 4) is 5.69 Å². The molecule has 0 fully saturated rings. The zero-order valence-corrected chi connectivity index (χ0v) is 14.4. The van der Waals surface area contributed by atoms with Crippen LogP contribution in [0.4, 0.5) is 5.69 Å². The Morgan fingerprint density at radius 1 is 1.19 bits per heavy atom. The molecule has 26 heavy (non-hydrogen) atoms. The molecule has 0 aliphatic carbocycles. The maximum Gasteiger partial charge on any atom is 0.419 e. The highest BCUT2D eigenvalue weighted by Gasteiger charge is 2.13. The largest absolute Gasteiger partial charge is 0.419 e. The Hall–Kier alpha value is -3.32. The van der Waals surface area contributed by atoms with Gasteiger partial charge < -0.3 is 9.73 Å². The third-order valence-electron chi connectivity index (χ3n) is 3.97. The monoisotopic (exact) mass is 368 g/mol. The quantitative estimate of drug-likeness (QED) is 0.602. The number of hydrogen-bond donors (Lipinski definition) is 1. The van der Waals surface area contributed by atoms with Crippen LogP contribution in [0.2, 0.25) is 5.02 Å². The second-order valence-corrected chi connectivity index (χ2v) is 6.07. The van der Waals surface area contributed by atoms with Gasteiger partial charge in [-0.1, -0.05) is 23.7 Å². The van der Waals surface area contributed by atoms with Gasteiger partial charge in [0.05, 0.1) is 16.2 Å². The summed E-state index contributed by atoms with van der Waals surface area (Å²) in [6.45, 7) is 0.